The van der Waals surface area contributed by atoms with E-state index in [0.29, 0.717) is 11.4 Å². The summed E-state index contributed by atoms with van der Waals surface area (Å²) in [5.74, 6) is 1.21. The number of ether oxygens (including phenoxy) is 2. The highest BCUT2D eigenvalue weighted by Crippen LogP contribution is 2.18. The van der Waals surface area contributed by atoms with Crippen molar-refractivity contribution in [3.05, 3.63) is 54.1 Å². The molecule has 116 valence electrons. The molecule has 2 aromatic rings. The van der Waals surface area contributed by atoms with Crippen LogP contribution in [0.5, 0.6) is 11.5 Å². The van der Waals surface area contributed by atoms with Gasteiger partial charge >= 0.3 is 0 Å². The molecule has 1 N–H and O–H groups in total. The molecule has 4 heteroatoms. The summed E-state index contributed by atoms with van der Waals surface area (Å²) < 4.78 is 11.1. The minimum Gasteiger partial charge on any atom is -0.491 e. The molecule has 22 heavy (non-hydrogen) atoms. The normalized spacial score (nSPS) is 10.4. The number of nitrogens with one attached hydrogen (secondary N) is 1. The van der Waals surface area contributed by atoms with Gasteiger partial charge in [-0.25, -0.2) is 0 Å². The first kappa shape index (κ1) is 15.9. The molecule has 0 spiro atoms. The van der Waals surface area contributed by atoms with E-state index in [1.54, 1.807) is 6.07 Å². The Morgan fingerprint density at radius 1 is 1.09 bits per heavy atom. The molecular weight excluding hydrogens is 278 g/mol. The number of amides is 1. The lowest BCUT2D eigenvalue weighted by Crippen LogP contribution is -2.20. The molecular formula is C18H21NO3. The average molecular weight is 299 g/mol. The van der Waals surface area contributed by atoms with Gasteiger partial charge in [0.25, 0.3) is 5.91 Å². The number of hydrogen-bond donors (Lipinski definition) is 1. The Kier molecular flexibility index (Phi) is 5.42. The van der Waals surface area contributed by atoms with Gasteiger partial charge in [-0.1, -0.05) is 18.2 Å². The van der Waals surface area contributed by atoms with Crippen molar-refractivity contribution in [1.29, 1.82) is 0 Å². The average Bonchev–Trinajstić information content (AvgIpc) is 2.45. The zero-order valence-electron chi connectivity index (χ0n) is 13.1. The molecule has 0 radical (unpaired) electrons. The molecule has 0 aliphatic carbocycles. The molecule has 0 unspecified atom stereocenters. The van der Waals surface area contributed by atoms with Gasteiger partial charge in [0.05, 0.1) is 6.10 Å². The maximum absolute atomic E-state index is 11.9. The van der Waals surface area contributed by atoms with E-state index in [2.05, 4.69) is 5.32 Å². The molecule has 0 aliphatic rings. The summed E-state index contributed by atoms with van der Waals surface area (Å²) >= 11 is 0. The number of aryl methyl sites for hydroxylation is 1. The standard InChI is InChI=1S/C18H21NO3/c1-13(2)22-17-9-5-7-15(11-17)19-18(20)12-21-16-8-4-6-14(3)10-16/h4-11,13H,12H2,1-3H3,(H,19,20). The second-order valence-electron chi connectivity index (χ2n) is 5.35. The van der Waals surface area contributed by atoms with Gasteiger partial charge in [-0.3, -0.25) is 4.79 Å². The van der Waals surface area contributed by atoms with Crippen LogP contribution in [0, 0.1) is 6.92 Å². The highest BCUT2D eigenvalue weighted by atomic mass is 16.5. The van der Waals surface area contributed by atoms with Crippen molar-refractivity contribution in [3.63, 3.8) is 0 Å². The van der Waals surface area contributed by atoms with Crippen LogP contribution in [0.25, 0.3) is 0 Å². The number of benzene rings is 2. The lowest BCUT2D eigenvalue weighted by Gasteiger charge is -2.12. The third-order valence-corrected chi connectivity index (χ3v) is 2.85. The first-order valence-electron chi connectivity index (χ1n) is 7.29. The zero-order chi connectivity index (χ0) is 15.9. The smallest absolute Gasteiger partial charge is 0.262 e. The Morgan fingerprint density at radius 3 is 2.55 bits per heavy atom. The number of anilines is 1. The fourth-order valence-corrected chi connectivity index (χ4v) is 1.97. The summed E-state index contributed by atoms with van der Waals surface area (Å²) in [5, 5.41) is 2.80. The van der Waals surface area contributed by atoms with Crippen molar-refractivity contribution in [2.75, 3.05) is 11.9 Å². The van der Waals surface area contributed by atoms with Crippen LogP contribution in [0.3, 0.4) is 0 Å². The maximum Gasteiger partial charge on any atom is 0.262 e. The Balaban J connectivity index is 1.89. The SMILES string of the molecule is Cc1cccc(OCC(=O)Nc2cccc(OC(C)C)c2)c1. The zero-order valence-corrected chi connectivity index (χ0v) is 13.1. The summed E-state index contributed by atoms with van der Waals surface area (Å²) in [6.07, 6.45) is 0.0932. The predicted molar refractivity (Wildman–Crippen MR) is 87.5 cm³/mol. The van der Waals surface area contributed by atoms with Crippen LogP contribution in [0.4, 0.5) is 5.69 Å². The van der Waals surface area contributed by atoms with Crippen LogP contribution in [0.15, 0.2) is 48.5 Å². The van der Waals surface area contributed by atoms with Crippen LogP contribution < -0.4 is 14.8 Å². The summed E-state index contributed by atoms with van der Waals surface area (Å²) in [6, 6.07) is 14.9. The highest BCUT2D eigenvalue weighted by molar-refractivity contribution is 5.92. The summed E-state index contributed by atoms with van der Waals surface area (Å²) in [4.78, 5) is 11.9. The Morgan fingerprint density at radius 2 is 1.82 bits per heavy atom. The van der Waals surface area contributed by atoms with Crippen molar-refractivity contribution in [1.82, 2.24) is 0 Å². The monoisotopic (exact) mass is 299 g/mol. The number of hydrogen-bond acceptors (Lipinski definition) is 3. The lowest BCUT2D eigenvalue weighted by molar-refractivity contribution is -0.118. The van der Waals surface area contributed by atoms with Crippen LogP contribution in [0.2, 0.25) is 0 Å². The molecule has 0 fully saturated rings. The number of rotatable bonds is 6. The molecule has 0 saturated heterocycles. The molecule has 0 aliphatic heterocycles. The second-order valence-corrected chi connectivity index (χ2v) is 5.35. The van der Waals surface area contributed by atoms with E-state index in [4.69, 9.17) is 9.47 Å². The van der Waals surface area contributed by atoms with Crippen LogP contribution in [0.1, 0.15) is 19.4 Å². The van der Waals surface area contributed by atoms with Crippen molar-refractivity contribution in [2.45, 2.75) is 26.9 Å². The minimum absolute atomic E-state index is 0.0290. The van der Waals surface area contributed by atoms with E-state index >= 15 is 0 Å². The topological polar surface area (TPSA) is 47.6 Å². The summed E-state index contributed by atoms with van der Waals surface area (Å²) in [5.41, 5.74) is 1.78. The molecule has 0 aromatic heterocycles. The third kappa shape index (κ3) is 5.13. The Labute approximate surface area is 131 Å². The predicted octanol–water partition coefficient (Wildman–Crippen LogP) is 3.80. The summed E-state index contributed by atoms with van der Waals surface area (Å²) in [7, 11) is 0. The second kappa shape index (κ2) is 7.50. The van der Waals surface area contributed by atoms with Crippen molar-refractivity contribution in [2.24, 2.45) is 0 Å². The van der Waals surface area contributed by atoms with Crippen LogP contribution in [-0.4, -0.2) is 18.6 Å². The van der Waals surface area contributed by atoms with E-state index in [1.165, 1.54) is 0 Å². The van der Waals surface area contributed by atoms with Crippen molar-refractivity contribution in [3.8, 4) is 11.5 Å². The van der Waals surface area contributed by atoms with E-state index in [-0.39, 0.29) is 18.6 Å². The molecule has 0 atom stereocenters. The van der Waals surface area contributed by atoms with E-state index in [9.17, 15) is 4.79 Å². The maximum atomic E-state index is 11.9. The van der Waals surface area contributed by atoms with Gasteiger partial charge in [0.1, 0.15) is 11.5 Å². The number of carbonyl (C=O) groups excluding carboxylic acids is 1. The van der Waals surface area contributed by atoms with E-state index < -0.39 is 0 Å². The molecule has 1 amide bonds. The van der Waals surface area contributed by atoms with Gasteiger partial charge in [-0.2, -0.15) is 0 Å². The third-order valence-electron chi connectivity index (χ3n) is 2.85. The first-order valence-corrected chi connectivity index (χ1v) is 7.29. The molecule has 4 nitrogen and oxygen atoms in total. The fraction of sp³-hybridized carbons (Fsp3) is 0.278. The fourth-order valence-electron chi connectivity index (χ4n) is 1.97. The van der Waals surface area contributed by atoms with Gasteiger partial charge in [0.2, 0.25) is 0 Å². The van der Waals surface area contributed by atoms with Gasteiger partial charge in [-0.05, 0) is 50.6 Å². The summed E-state index contributed by atoms with van der Waals surface area (Å²) in [6.45, 7) is 5.87. The molecule has 0 bridgehead atoms. The van der Waals surface area contributed by atoms with Crippen LogP contribution in [-0.2, 0) is 4.79 Å². The van der Waals surface area contributed by atoms with Crippen LogP contribution >= 0.6 is 0 Å². The Hall–Kier alpha value is -2.49. The van der Waals surface area contributed by atoms with E-state index in [0.717, 1.165) is 11.3 Å². The molecule has 2 rings (SSSR count). The molecule has 0 heterocycles. The van der Waals surface area contributed by atoms with Gasteiger partial charge in [0, 0.05) is 11.8 Å². The molecule has 0 saturated carbocycles. The highest BCUT2D eigenvalue weighted by Gasteiger charge is 2.05. The largest absolute Gasteiger partial charge is 0.491 e. The quantitative estimate of drug-likeness (QED) is 0.882. The lowest BCUT2D eigenvalue weighted by atomic mass is 10.2. The van der Waals surface area contributed by atoms with E-state index in [1.807, 2.05) is 63.2 Å². The van der Waals surface area contributed by atoms with Gasteiger partial charge < -0.3 is 14.8 Å². The molecule has 2 aromatic carbocycles. The van der Waals surface area contributed by atoms with Crippen molar-refractivity contribution >= 4 is 11.6 Å². The number of carbonyl (C=O) groups is 1. The first-order chi connectivity index (χ1) is 10.5. The van der Waals surface area contributed by atoms with Gasteiger partial charge in [0.15, 0.2) is 6.61 Å². The van der Waals surface area contributed by atoms with Gasteiger partial charge in [-0.15, -0.1) is 0 Å². The Bertz CT molecular complexity index is 638. The minimum atomic E-state index is -0.205. The van der Waals surface area contributed by atoms with Crippen molar-refractivity contribution < 1.29 is 14.3 Å².